The number of alkyl halides is 1. The van der Waals surface area contributed by atoms with Crippen molar-refractivity contribution in [2.75, 3.05) is 6.67 Å². The summed E-state index contributed by atoms with van der Waals surface area (Å²) in [6, 6.07) is 0. The highest BCUT2D eigenvalue weighted by molar-refractivity contribution is 4.45. The maximum Gasteiger partial charge on any atom is 0.0894 e. The van der Waals surface area contributed by atoms with Gasteiger partial charge in [-0.2, -0.15) is 0 Å². The molecule has 0 saturated carbocycles. The summed E-state index contributed by atoms with van der Waals surface area (Å²) in [5.74, 6) is 0. The molecule has 0 saturated heterocycles. The summed E-state index contributed by atoms with van der Waals surface area (Å²) in [7, 11) is 0. The van der Waals surface area contributed by atoms with Crippen molar-refractivity contribution in [3.05, 3.63) is 0 Å². The van der Waals surface area contributed by atoms with Gasteiger partial charge in [0.1, 0.15) is 0 Å². The van der Waals surface area contributed by atoms with Crippen LogP contribution in [0, 0.1) is 0 Å². The number of unbranched alkanes of at least 4 members (excludes halogenated alkanes) is 8. The average Bonchev–Trinajstić information content (AvgIpc) is 2.10. The minimum atomic E-state index is -0.129. The predicted octanol–water partition coefficient (Wildman–Crippen LogP) is 3.66. The second kappa shape index (κ2) is 14.4. The average molecular weight is 192 g/mol. The van der Waals surface area contributed by atoms with E-state index in [-0.39, 0.29) is 12.2 Å². The van der Waals surface area contributed by atoms with Gasteiger partial charge in [-0.25, -0.2) is 0 Å². The Morgan fingerprint density at radius 2 is 1.08 bits per heavy atom. The molecule has 13 heavy (non-hydrogen) atoms. The van der Waals surface area contributed by atoms with E-state index in [0.717, 1.165) is 12.8 Å². The van der Waals surface area contributed by atoms with Gasteiger partial charge in [0.05, 0.1) is 6.67 Å². The van der Waals surface area contributed by atoms with Gasteiger partial charge in [0.2, 0.25) is 0 Å². The first-order valence-electron chi connectivity index (χ1n) is 5.47. The maximum absolute atomic E-state index is 11.7. The normalized spacial score (nSPS) is 9.69. The van der Waals surface area contributed by atoms with E-state index in [1.807, 2.05) is 0 Å². The van der Waals surface area contributed by atoms with E-state index in [9.17, 15) is 4.39 Å². The van der Waals surface area contributed by atoms with Gasteiger partial charge in [-0.3, -0.25) is 4.39 Å². The Hall–Kier alpha value is -0.110. The van der Waals surface area contributed by atoms with Crippen LogP contribution in [-0.2, 0) is 0 Å². The third-order valence-electron chi connectivity index (χ3n) is 2.24. The molecule has 0 spiro atoms. The van der Waals surface area contributed by atoms with Gasteiger partial charge in [-0.15, -0.1) is 0 Å². The first kappa shape index (κ1) is 15.4. The Balaban J connectivity index is 0. The monoisotopic (exact) mass is 192 g/mol. The molecule has 0 aliphatic carbocycles. The lowest BCUT2D eigenvalue weighted by Gasteiger charge is -1.99. The van der Waals surface area contributed by atoms with E-state index >= 15 is 0 Å². The largest absolute Gasteiger partial charge is 0.412 e. The van der Waals surface area contributed by atoms with Crippen molar-refractivity contribution in [2.45, 2.75) is 64.7 Å². The second-order valence-corrected chi connectivity index (χ2v) is 3.52. The molecule has 0 unspecified atom stereocenters. The van der Waals surface area contributed by atoms with Gasteiger partial charge in [-0.1, -0.05) is 58.3 Å². The van der Waals surface area contributed by atoms with E-state index in [1.54, 1.807) is 0 Å². The Morgan fingerprint density at radius 1 is 0.692 bits per heavy atom. The van der Waals surface area contributed by atoms with Crippen LogP contribution in [0.4, 0.5) is 4.39 Å². The van der Waals surface area contributed by atoms with Crippen molar-refractivity contribution in [1.29, 1.82) is 0 Å². The summed E-state index contributed by atoms with van der Waals surface area (Å²) in [5.41, 5.74) is 0. The van der Waals surface area contributed by atoms with E-state index in [0.29, 0.717) is 0 Å². The lowest BCUT2D eigenvalue weighted by Crippen LogP contribution is -1.81. The molecular weight excluding hydrogens is 167 g/mol. The zero-order chi connectivity index (χ0) is 9.07. The summed E-state index contributed by atoms with van der Waals surface area (Å²) in [6.45, 7) is 2.11. The molecule has 1 nitrogen and oxygen atoms in total. The fourth-order valence-electron chi connectivity index (χ4n) is 1.41. The van der Waals surface area contributed by atoms with E-state index in [1.165, 1.54) is 44.9 Å². The molecule has 0 aromatic heterocycles. The predicted molar refractivity (Wildman–Crippen MR) is 56.8 cm³/mol. The molecule has 82 valence electrons. The fraction of sp³-hybridized carbons (Fsp3) is 1.00. The lowest BCUT2D eigenvalue weighted by atomic mass is 10.1. The summed E-state index contributed by atoms with van der Waals surface area (Å²) in [5, 5.41) is 0. The molecule has 0 aliphatic rings. The second-order valence-electron chi connectivity index (χ2n) is 3.52. The van der Waals surface area contributed by atoms with Crippen molar-refractivity contribution in [1.82, 2.24) is 0 Å². The fourth-order valence-corrected chi connectivity index (χ4v) is 1.41. The Bertz CT molecular complexity index is 66.5. The minimum absolute atomic E-state index is 0. The molecule has 0 aromatic carbocycles. The maximum atomic E-state index is 11.7. The van der Waals surface area contributed by atoms with E-state index < -0.39 is 0 Å². The molecule has 0 aliphatic heterocycles. The quantitative estimate of drug-likeness (QED) is 0.499. The van der Waals surface area contributed by atoms with Gasteiger partial charge < -0.3 is 5.48 Å². The van der Waals surface area contributed by atoms with Crippen LogP contribution in [0.25, 0.3) is 0 Å². The van der Waals surface area contributed by atoms with Crippen LogP contribution < -0.4 is 0 Å². The highest BCUT2D eigenvalue weighted by atomic mass is 19.1. The zero-order valence-electron chi connectivity index (χ0n) is 8.95. The highest BCUT2D eigenvalue weighted by Crippen LogP contribution is 2.09. The Labute approximate surface area is 82.0 Å². The number of hydrogen-bond acceptors (Lipinski definition) is 0. The van der Waals surface area contributed by atoms with Crippen LogP contribution in [0.3, 0.4) is 0 Å². The molecular formula is C11H25FO. The van der Waals surface area contributed by atoms with Gasteiger partial charge >= 0.3 is 0 Å². The van der Waals surface area contributed by atoms with Crippen molar-refractivity contribution in [3.63, 3.8) is 0 Å². The smallest absolute Gasteiger partial charge is 0.0894 e. The van der Waals surface area contributed by atoms with Crippen LogP contribution in [-0.4, -0.2) is 12.2 Å². The molecule has 0 bridgehead atoms. The van der Waals surface area contributed by atoms with E-state index in [2.05, 4.69) is 6.92 Å². The third kappa shape index (κ3) is 14.7. The van der Waals surface area contributed by atoms with Gasteiger partial charge in [0.15, 0.2) is 0 Å². The van der Waals surface area contributed by atoms with Gasteiger partial charge in [-0.05, 0) is 6.42 Å². The highest BCUT2D eigenvalue weighted by Gasteiger charge is 1.90. The first-order valence-corrected chi connectivity index (χ1v) is 5.47. The van der Waals surface area contributed by atoms with Crippen LogP contribution in [0.2, 0.25) is 0 Å². The standard InChI is InChI=1S/C11H23F.H2O/c1-2-3-4-5-6-7-8-9-10-11-12;/h2-11H2,1H3;1H2. The van der Waals surface area contributed by atoms with Crippen LogP contribution in [0.5, 0.6) is 0 Å². The molecule has 0 aromatic rings. The number of halogens is 1. The van der Waals surface area contributed by atoms with Crippen molar-refractivity contribution < 1.29 is 9.87 Å². The molecule has 2 N–H and O–H groups in total. The summed E-state index contributed by atoms with van der Waals surface area (Å²) >= 11 is 0. The van der Waals surface area contributed by atoms with Crippen LogP contribution in [0.1, 0.15) is 64.7 Å². The molecule has 0 amide bonds. The summed E-state index contributed by atoms with van der Waals surface area (Å²) in [6.07, 6.45) is 11.2. The zero-order valence-corrected chi connectivity index (χ0v) is 8.95. The van der Waals surface area contributed by atoms with Crippen molar-refractivity contribution >= 4 is 0 Å². The molecule has 0 radical (unpaired) electrons. The molecule has 0 fully saturated rings. The number of hydrogen-bond donors (Lipinski definition) is 0. The Morgan fingerprint density at radius 3 is 1.46 bits per heavy atom. The third-order valence-corrected chi connectivity index (χ3v) is 2.24. The Kier molecular flexibility index (Phi) is 17.0. The van der Waals surface area contributed by atoms with Crippen LogP contribution >= 0.6 is 0 Å². The number of rotatable bonds is 9. The molecule has 0 atom stereocenters. The molecule has 0 rings (SSSR count). The minimum Gasteiger partial charge on any atom is -0.412 e. The molecule has 2 heteroatoms. The topological polar surface area (TPSA) is 31.5 Å². The van der Waals surface area contributed by atoms with E-state index in [4.69, 9.17) is 0 Å². The summed E-state index contributed by atoms with van der Waals surface area (Å²) in [4.78, 5) is 0. The summed E-state index contributed by atoms with van der Waals surface area (Å²) < 4.78 is 11.7. The first-order chi connectivity index (χ1) is 5.91. The van der Waals surface area contributed by atoms with Gasteiger partial charge in [0.25, 0.3) is 0 Å². The van der Waals surface area contributed by atoms with Gasteiger partial charge in [0, 0.05) is 0 Å². The lowest BCUT2D eigenvalue weighted by molar-refractivity contribution is 0.449. The van der Waals surface area contributed by atoms with Crippen molar-refractivity contribution in [2.24, 2.45) is 0 Å². The van der Waals surface area contributed by atoms with Crippen molar-refractivity contribution in [3.8, 4) is 0 Å². The van der Waals surface area contributed by atoms with Crippen LogP contribution in [0.15, 0.2) is 0 Å². The SMILES string of the molecule is CCCCCCCCCCCF.O. The molecule has 0 heterocycles.